The standard InChI is InChI=1S/C19H22N8O2/c1-12(2)15-8-18(26(3)25-15)23-19(28)22-13-4-6-14(7-5-13)29-27-11-20-9-16-17(27)10-21-24-16/h4-12,21,24H,1-3H3,(H2,22,23,28). The first-order chi connectivity index (χ1) is 14.0. The number of benzene rings is 1. The first-order valence-electron chi connectivity index (χ1n) is 9.14. The molecule has 0 atom stereocenters. The second-order valence-electron chi connectivity index (χ2n) is 6.86. The molecule has 2 aliphatic heterocycles. The molecule has 0 saturated heterocycles. The van der Waals surface area contributed by atoms with Gasteiger partial charge in [-0.05, 0) is 30.2 Å². The average molecular weight is 394 g/mol. The molecule has 0 bridgehead atoms. The highest BCUT2D eigenvalue weighted by Gasteiger charge is 2.21. The number of rotatable bonds is 5. The van der Waals surface area contributed by atoms with E-state index in [9.17, 15) is 4.79 Å². The zero-order chi connectivity index (χ0) is 20.4. The number of amides is 2. The molecule has 0 fully saturated rings. The topological polar surface area (TPSA) is 108 Å². The second-order valence-corrected chi connectivity index (χ2v) is 6.86. The largest absolute Gasteiger partial charge is 0.374 e. The van der Waals surface area contributed by atoms with Crippen molar-refractivity contribution in [2.45, 2.75) is 19.8 Å². The minimum Gasteiger partial charge on any atom is -0.374 e. The summed E-state index contributed by atoms with van der Waals surface area (Å²) in [5.41, 5.74) is 9.05. The number of carbonyl (C=O) groups excluding carboxylic acids is 1. The number of nitrogens with zero attached hydrogens (tertiary/aromatic N) is 4. The van der Waals surface area contributed by atoms with E-state index in [-0.39, 0.29) is 11.9 Å². The Morgan fingerprint density at radius 2 is 2.00 bits per heavy atom. The molecule has 0 unspecified atom stereocenters. The Balaban J connectivity index is 1.35. The number of aryl methyl sites for hydroxylation is 1. The molecule has 2 aromatic rings. The van der Waals surface area contributed by atoms with Crippen LogP contribution < -0.4 is 26.3 Å². The van der Waals surface area contributed by atoms with Gasteiger partial charge in [-0.2, -0.15) is 10.2 Å². The second kappa shape index (κ2) is 7.58. The van der Waals surface area contributed by atoms with Gasteiger partial charge in [0, 0.05) is 25.0 Å². The highest BCUT2D eigenvalue weighted by molar-refractivity contribution is 5.99. The van der Waals surface area contributed by atoms with Gasteiger partial charge < -0.3 is 15.6 Å². The number of fused-ring (bicyclic) bond motifs is 1. The Labute approximate surface area is 167 Å². The number of nitrogens with one attached hydrogen (secondary N) is 4. The minimum absolute atomic E-state index is 0.287. The summed E-state index contributed by atoms with van der Waals surface area (Å²) in [6.07, 6.45) is 5.05. The lowest BCUT2D eigenvalue weighted by Crippen LogP contribution is -2.29. The van der Waals surface area contributed by atoms with Crippen molar-refractivity contribution in [1.29, 1.82) is 0 Å². The molecule has 10 heteroatoms. The van der Waals surface area contributed by atoms with Crippen LogP contribution in [0.2, 0.25) is 0 Å². The van der Waals surface area contributed by atoms with E-state index in [1.54, 1.807) is 59.8 Å². The lowest BCUT2D eigenvalue weighted by Gasteiger charge is -2.22. The van der Waals surface area contributed by atoms with Crippen molar-refractivity contribution in [1.82, 2.24) is 25.7 Å². The van der Waals surface area contributed by atoms with E-state index in [0.717, 1.165) is 17.1 Å². The molecule has 2 aliphatic rings. The van der Waals surface area contributed by atoms with Crippen LogP contribution in [0, 0.1) is 0 Å². The molecule has 4 N–H and O–H groups in total. The molecule has 150 valence electrons. The summed E-state index contributed by atoms with van der Waals surface area (Å²) in [5, 5.41) is 11.5. The van der Waals surface area contributed by atoms with Crippen molar-refractivity contribution < 1.29 is 9.63 Å². The van der Waals surface area contributed by atoms with Gasteiger partial charge in [0.25, 0.3) is 0 Å². The molecule has 0 spiro atoms. The van der Waals surface area contributed by atoms with Crippen LogP contribution in [-0.2, 0) is 7.05 Å². The molecule has 10 nitrogen and oxygen atoms in total. The quantitative estimate of drug-likeness (QED) is 0.621. The van der Waals surface area contributed by atoms with Gasteiger partial charge in [0.2, 0.25) is 0 Å². The van der Waals surface area contributed by atoms with Crippen molar-refractivity contribution in [3.63, 3.8) is 0 Å². The number of urea groups is 1. The minimum atomic E-state index is -0.344. The number of aliphatic imine (C=N–C) groups is 1. The SMILES string of the molecule is CC(C)c1cc(NC(=O)Nc2ccc(ON3C=NC=C4NNC=C43)cc2)n(C)n1. The molecule has 0 aliphatic carbocycles. The van der Waals surface area contributed by atoms with E-state index in [2.05, 4.69) is 45.4 Å². The molecule has 0 saturated carbocycles. The molecule has 29 heavy (non-hydrogen) atoms. The van der Waals surface area contributed by atoms with Crippen LogP contribution >= 0.6 is 0 Å². The third kappa shape index (κ3) is 4.00. The van der Waals surface area contributed by atoms with Crippen LogP contribution in [0.1, 0.15) is 25.5 Å². The number of hydrazine groups is 1. The Bertz CT molecular complexity index is 1000. The van der Waals surface area contributed by atoms with Gasteiger partial charge >= 0.3 is 6.03 Å². The average Bonchev–Trinajstić information content (AvgIpc) is 3.31. The molecule has 0 radical (unpaired) electrons. The number of hydrogen-bond acceptors (Lipinski definition) is 7. The van der Waals surface area contributed by atoms with Gasteiger partial charge in [0.1, 0.15) is 23.6 Å². The van der Waals surface area contributed by atoms with Crippen LogP contribution in [0.4, 0.5) is 16.3 Å². The molecule has 2 amide bonds. The van der Waals surface area contributed by atoms with E-state index >= 15 is 0 Å². The van der Waals surface area contributed by atoms with Gasteiger partial charge in [-0.1, -0.05) is 13.8 Å². The smallest absolute Gasteiger partial charge is 0.324 e. The third-order valence-electron chi connectivity index (χ3n) is 4.35. The summed E-state index contributed by atoms with van der Waals surface area (Å²) >= 11 is 0. The highest BCUT2D eigenvalue weighted by Crippen LogP contribution is 2.23. The van der Waals surface area contributed by atoms with Gasteiger partial charge in [-0.15, -0.1) is 0 Å². The molecule has 3 heterocycles. The molecule has 1 aromatic heterocycles. The molecular formula is C19H22N8O2. The number of carbonyl (C=O) groups is 1. The van der Waals surface area contributed by atoms with E-state index in [1.165, 1.54) is 0 Å². The van der Waals surface area contributed by atoms with E-state index in [1.807, 2.05) is 6.07 Å². The van der Waals surface area contributed by atoms with Crippen molar-refractivity contribution in [3.8, 4) is 5.75 Å². The van der Waals surface area contributed by atoms with Gasteiger partial charge in [-0.3, -0.25) is 15.4 Å². The maximum atomic E-state index is 12.3. The first kappa shape index (κ1) is 18.4. The van der Waals surface area contributed by atoms with E-state index in [0.29, 0.717) is 17.3 Å². The third-order valence-corrected chi connectivity index (χ3v) is 4.35. The lowest BCUT2D eigenvalue weighted by atomic mass is 10.1. The van der Waals surface area contributed by atoms with Crippen molar-refractivity contribution in [2.24, 2.45) is 12.0 Å². The van der Waals surface area contributed by atoms with Crippen molar-refractivity contribution in [3.05, 3.63) is 59.8 Å². The number of hydroxylamine groups is 2. The fourth-order valence-corrected chi connectivity index (χ4v) is 2.79. The Hall–Kier alpha value is -3.95. The van der Waals surface area contributed by atoms with E-state index in [4.69, 9.17) is 4.84 Å². The van der Waals surface area contributed by atoms with Gasteiger partial charge in [-0.25, -0.2) is 9.79 Å². The zero-order valence-corrected chi connectivity index (χ0v) is 16.3. The summed E-state index contributed by atoms with van der Waals surface area (Å²) in [6.45, 7) is 4.11. The summed E-state index contributed by atoms with van der Waals surface area (Å²) in [4.78, 5) is 22.2. The number of aromatic nitrogens is 2. The monoisotopic (exact) mass is 394 g/mol. The van der Waals surface area contributed by atoms with Crippen LogP contribution in [0.3, 0.4) is 0 Å². The summed E-state index contributed by atoms with van der Waals surface area (Å²) in [7, 11) is 1.79. The van der Waals surface area contributed by atoms with Crippen LogP contribution in [0.5, 0.6) is 5.75 Å². The first-order valence-corrected chi connectivity index (χ1v) is 9.14. The molecule has 4 rings (SSSR count). The Morgan fingerprint density at radius 3 is 2.72 bits per heavy atom. The zero-order valence-electron chi connectivity index (χ0n) is 16.3. The van der Waals surface area contributed by atoms with Crippen LogP contribution in [0.25, 0.3) is 0 Å². The number of anilines is 2. The predicted octanol–water partition coefficient (Wildman–Crippen LogP) is 2.62. The number of hydrogen-bond donors (Lipinski definition) is 4. The summed E-state index contributed by atoms with van der Waals surface area (Å²) < 4.78 is 1.65. The van der Waals surface area contributed by atoms with Crippen molar-refractivity contribution in [2.75, 3.05) is 10.6 Å². The maximum absolute atomic E-state index is 12.3. The summed E-state index contributed by atoms with van der Waals surface area (Å²) in [5.74, 6) is 1.52. The van der Waals surface area contributed by atoms with Gasteiger partial charge in [0.05, 0.1) is 11.9 Å². The van der Waals surface area contributed by atoms with Crippen molar-refractivity contribution >= 4 is 23.9 Å². The fourth-order valence-electron chi connectivity index (χ4n) is 2.79. The normalized spacial score (nSPS) is 14.6. The summed E-state index contributed by atoms with van der Waals surface area (Å²) in [6, 6.07) is 8.57. The van der Waals surface area contributed by atoms with E-state index < -0.39 is 0 Å². The molecule has 1 aromatic carbocycles. The Kier molecular flexibility index (Phi) is 4.82. The highest BCUT2D eigenvalue weighted by atomic mass is 16.7. The predicted molar refractivity (Wildman–Crippen MR) is 110 cm³/mol. The lowest BCUT2D eigenvalue weighted by molar-refractivity contribution is 0.0646. The molecular weight excluding hydrogens is 372 g/mol. The fraction of sp³-hybridized carbons (Fsp3) is 0.211. The van der Waals surface area contributed by atoms with Gasteiger partial charge in [0.15, 0.2) is 5.75 Å². The van der Waals surface area contributed by atoms with Crippen LogP contribution in [-0.4, -0.2) is 27.2 Å². The maximum Gasteiger partial charge on any atom is 0.324 e. The van der Waals surface area contributed by atoms with Crippen LogP contribution in [0.15, 0.2) is 59.1 Å². The Morgan fingerprint density at radius 1 is 1.21 bits per heavy atom.